The van der Waals surface area contributed by atoms with Crippen molar-refractivity contribution < 1.29 is 4.79 Å². The first-order valence-corrected chi connectivity index (χ1v) is 7.55. The minimum absolute atomic E-state index is 0.0732. The van der Waals surface area contributed by atoms with Gasteiger partial charge in [0.2, 0.25) is 0 Å². The van der Waals surface area contributed by atoms with E-state index in [0.717, 1.165) is 24.8 Å². The molecule has 0 spiro atoms. The zero-order chi connectivity index (χ0) is 15.1. The number of nitrogens with zero attached hydrogens (tertiary/aromatic N) is 1. The minimum Gasteiger partial charge on any atom is -0.342 e. The summed E-state index contributed by atoms with van der Waals surface area (Å²) in [4.78, 5) is 14.0. The van der Waals surface area contributed by atoms with Crippen LogP contribution in [0, 0.1) is 5.92 Å². The number of carbonyl (C=O) groups is 1. The van der Waals surface area contributed by atoms with E-state index in [1.54, 1.807) is 4.90 Å². The summed E-state index contributed by atoms with van der Waals surface area (Å²) in [6.07, 6.45) is 3.03. The largest absolute Gasteiger partial charge is 0.342 e. The lowest BCUT2D eigenvalue weighted by atomic mass is 10.0. The van der Waals surface area contributed by atoms with Gasteiger partial charge in [0.15, 0.2) is 0 Å². The molecule has 0 aromatic heterocycles. The molecule has 112 valence electrons. The van der Waals surface area contributed by atoms with Gasteiger partial charge < -0.3 is 10.6 Å². The lowest BCUT2D eigenvalue weighted by Crippen LogP contribution is -2.34. The van der Waals surface area contributed by atoms with Crippen molar-refractivity contribution in [3.63, 3.8) is 0 Å². The van der Waals surface area contributed by atoms with Crippen LogP contribution in [0.5, 0.6) is 0 Å². The SMILES string of the molecule is CCCc1ccc(C(=O)N(C)CCC(N)C(C)C)cc1. The molecule has 3 nitrogen and oxygen atoms in total. The predicted octanol–water partition coefficient (Wildman–Crippen LogP) is 3.08. The van der Waals surface area contributed by atoms with Crippen LogP contribution in [0.3, 0.4) is 0 Å². The van der Waals surface area contributed by atoms with Crippen LogP contribution >= 0.6 is 0 Å². The van der Waals surface area contributed by atoms with Crippen LogP contribution in [0.1, 0.15) is 49.5 Å². The molecule has 0 bridgehead atoms. The van der Waals surface area contributed by atoms with Gasteiger partial charge in [-0.3, -0.25) is 4.79 Å². The van der Waals surface area contributed by atoms with Gasteiger partial charge in [0.25, 0.3) is 5.91 Å². The smallest absolute Gasteiger partial charge is 0.253 e. The Labute approximate surface area is 123 Å². The topological polar surface area (TPSA) is 46.3 Å². The van der Waals surface area contributed by atoms with Gasteiger partial charge in [0.05, 0.1) is 0 Å². The molecule has 1 amide bonds. The van der Waals surface area contributed by atoms with Crippen LogP contribution in [0.4, 0.5) is 0 Å². The van der Waals surface area contributed by atoms with Crippen molar-refractivity contribution in [3.8, 4) is 0 Å². The number of amides is 1. The molecule has 0 aliphatic carbocycles. The molecule has 1 atom stereocenters. The molecular weight excluding hydrogens is 248 g/mol. The van der Waals surface area contributed by atoms with E-state index in [4.69, 9.17) is 5.73 Å². The van der Waals surface area contributed by atoms with E-state index in [1.165, 1.54) is 5.56 Å². The Kier molecular flexibility index (Phi) is 6.73. The summed E-state index contributed by atoms with van der Waals surface area (Å²) in [6.45, 7) is 7.08. The summed E-state index contributed by atoms with van der Waals surface area (Å²) in [5, 5.41) is 0. The quantitative estimate of drug-likeness (QED) is 0.832. The van der Waals surface area contributed by atoms with Gasteiger partial charge in [-0.1, -0.05) is 39.3 Å². The maximum atomic E-state index is 12.3. The van der Waals surface area contributed by atoms with Crippen LogP contribution in [0.15, 0.2) is 24.3 Å². The lowest BCUT2D eigenvalue weighted by molar-refractivity contribution is 0.0789. The molecule has 1 aromatic carbocycles. The van der Waals surface area contributed by atoms with Gasteiger partial charge in [0, 0.05) is 25.2 Å². The Morgan fingerprint density at radius 1 is 1.25 bits per heavy atom. The Balaban J connectivity index is 2.55. The van der Waals surface area contributed by atoms with Crippen LogP contribution in [0.2, 0.25) is 0 Å². The van der Waals surface area contributed by atoms with Gasteiger partial charge in [-0.15, -0.1) is 0 Å². The van der Waals surface area contributed by atoms with Crippen LogP contribution in [-0.4, -0.2) is 30.4 Å². The molecule has 2 N–H and O–H groups in total. The van der Waals surface area contributed by atoms with Gasteiger partial charge >= 0.3 is 0 Å². The summed E-state index contributed by atoms with van der Waals surface area (Å²) >= 11 is 0. The zero-order valence-corrected chi connectivity index (χ0v) is 13.2. The van der Waals surface area contributed by atoms with Gasteiger partial charge in [0.1, 0.15) is 0 Å². The van der Waals surface area contributed by atoms with Crippen molar-refractivity contribution in [1.82, 2.24) is 4.90 Å². The second-order valence-electron chi connectivity index (χ2n) is 5.87. The summed E-state index contributed by atoms with van der Waals surface area (Å²) in [6, 6.07) is 8.09. The number of hydrogen-bond donors (Lipinski definition) is 1. The number of hydrogen-bond acceptors (Lipinski definition) is 2. The normalized spacial score (nSPS) is 12.5. The van der Waals surface area contributed by atoms with Crippen LogP contribution in [0.25, 0.3) is 0 Å². The number of nitrogens with two attached hydrogens (primary N) is 1. The average Bonchev–Trinajstić information content (AvgIpc) is 2.44. The fourth-order valence-corrected chi connectivity index (χ4v) is 2.10. The van der Waals surface area contributed by atoms with Crippen molar-refractivity contribution in [2.24, 2.45) is 11.7 Å². The Bertz CT molecular complexity index is 412. The van der Waals surface area contributed by atoms with E-state index in [9.17, 15) is 4.79 Å². The summed E-state index contributed by atoms with van der Waals surface area (Å²) in [5.74, 6) is 0.524. The fraction of sp³-hybridized carbons (Fsp3) is 0.588. The van der Waals surface area contributed by atoms with E-state index < -0.39 is 0 Å². The molecule has 1 unspecified atom stereocenters. The third-order valence-corrected chi connectivity index (χ3v) is 3.74. The first kappa shape index (κ1) is 16.7. The first-order chi connectivity index (χ1) is 9.45. The molecule has 1 rings (SSSR count). The second kappa shape index (κ2) is 8.05. The van der Waals surface area contributed by atoms with Crippen molar-refractivity contribution in [2.45, 2.75) is 46.1 Å². The standard InChI is InChI=1S/C17H28N2O/c1-5-6-14-7-9-15(10-8-14)17(20)19(4)12-11-16(18)13(2)3/h7-10,13,16H,5-6,11-12,18H2,1-4H3. The van der Waals surface area contributed by atoms with E-state index in [1.807, 2.05) is 31.3 Å². The van der Waals surface area contributed by atoms with Crippen molar-refractivity contribution in [1.29, 1.82) is 0 Å². The lowest BCUT2D eigenvalue weighted by Gasteiger charge is -2.21. The van der Waals surface area contributed by atoms with Crippen LogP contribution < -0.4 is 5.73 Å². The Hall–Kier alpha value is -1.35. The maximum absolute atomic E-state index is 12.3. The molecule has 20 heavy (non-hydrogen) atoms. The summed E-state index contributed by atoms with van der Waals surface area (Å²) in [5.41, 5.74) is 8.06. The van der Waals surface area contributed by atoms with Gasteiger partial charge in [-0.25, -0.2) is 0 Å². The van der Waals surface area contributed by atoms with E-state index in [2.05, 4.69) is 20.8 Å². The van der Waals surface area contributed by atoms with Gasteiger partial charge in [-0.2, -0.15) is 0 Å². The number of aryl methyl sites for hydroxylation is 1. The third kappa shape index (κ3) is 4.97. The molecule has 0 saturated carbocycles. The Morgan fingerprint density at radius 2 is 1.85 bits per heavy atom. The second-order valence-corrected chi connectivity index (χ2v) is 5.87. The maximum Gasteiger partial charge on any atom is 0.253 e. The molecule has 3 heteroatoms. The number of benzene rings is 1. The molecule has 0 radical (unpaired) electrons. The highest BCUT2D eigenvalue weighted by Crippen LogP contribution is 2.10. The zero-order valence-electron chi connectivity index (χ0n) is 13.2. The van der Waals surface area contributed by atoms with Crippen molar-refractivity contribution >= 4 is 5.91 Å². The summed E-state index contributed by atoms with van der Waals surface area (Å²) in [7, 11) is 1.84. The van der Waals surface area contributed by atoms with Gasteiger partial charge in [-0.05, 0) is 36.5 Å². The van der Waals surface area contributed by atoms with E-state index >= 15 is 0 Å². The third-order valence-electron chi connectivity index (χ3n) is 3.74. The highest BCUT2D eigenvalue weighted by atomic mass is 16.2. The van der Waals surface area contributed by atoms with E-state index in [0.29, 0.717) is 12.5 Å². The highest BCUT2D eigenvalue weighted by molar-refractivity contribution is 5.94. The fourth-order valence-electron chi connectivity index (χ4n) is 2.10. The number of carbonyl (C=O) groups excluding carboxylic acids is 1. The minimum atomic E-state index is 0.0732. The average molecular weight is 276 g/mol. The molecular formula is C17H28N2O. The van der Waals surface area contributed by atoms with E-state index in [-0.39, 0.29) is 11.9 Å². The molecule has 0 fully saturated rings. The number of rotatable bonds is 7. The molecule has 1 aromatic rings. The van der Waals surface area contributed by atoms with Crippen molar-refractivity contribution in [2.75, 3.05) is 13.6 Å². The highest BCUT2D eigenvalue weighted by Gasteiger charge is 2.14. The van der Waals surface area contributed by atoms with Crippen molar-refractivity contribution in [3.05, 3.63) is 35.4 Å². The Morgan fingerprint density at radius 3 is 2.35 bits per heavy atom. The predicted molar refractivity (Wildman–Crippen MR) is 84.8 cm³/mol. The molecule has 0 heterocycles. The first-order valence-electron chi connectivity index (χ1n) is 7.55. The molecule has 0 aliphatic rings. The molecule has 0 aliphatic heterocycles. The monoisotopic (exact) mass is 276 g/mol. The summed E-state index contributed by atoms with van der Waals surface area (Å²) < 4.78 is 0. The van der Waals surface area contributed by atoms with Crippen LogP contribution in [-0.2, 0) is 6.42 Å². The molecule has 0 saturated heterocycles.